The molecule has 2 heterocycles. The van der Waals surface area contributed by atoms with Crippen molar-refractivity contribution in [3.05, 3.63) is 29.8 Å². The number of nitriles is 1. The van der Waals surface area contributed by atoms with Crippen molar-refractivity contribution in [2.24, 2.45) is 5.92 Å². The van der Waals surface area contributed by atoms with Crippen LogP contribution in [-0.4, -0.2) is 24.6 Å². The third-order valence-electron chi connectivity index (χ3n) is 4.78. The minimum atomic E-state index is -0.515. The number of nitrogens with zero attached hydrogens (tertiary/aromatic N) is 2. The van der Waals surface area contributed by atoms with Crippen molar-refractivity contribution < 1.29 is 4.74 Å². The lowest BCUT2D eigenvalue weighted by molar-refractivity contribution is 0.0391. The summed E-state index contributed by atoms with van der Waals surface area (Å²) in [5.41, 5.74) is 0.544. The van der Waals surface area contributed by atoms with Gasteiger partial charge in [-0.05, 0) is 32.0 Å². The van der Waals surface area contributed by atoms with Crippen LogP contribution in [0, 0.1) is 17.2 Å². The van der Waals surface area contributed by atoms with Crippen molar-refractivity contribution in [3.63, 3.8) is 0 Å². The van der Waals surface area contributed by atoms with Crippen molar-refractivity contribution >= 4 is 0 Å². The normalized spacial score (nSPS) is 30.7. The van der Waals surface area contributed by atoms with Crippen LogP contribution in [0.15, 0.2) is 24.3 Å². The summed E-state index contributed by atoms with van der Waals surface area (Å²) in [6.45, 7) is 4.81. The summed E-state index contributed by atoms with van der Waals surface area (Å²) in [7, 11) is 0. The first-order chi connectivity index (χ1) is 9.79. The molecular weight excluding hydrogens is 248 g/mol. The molecule has 0 aliphatic carbocycles. The van der Waals surface area contributed by atoms with Crippen molar-refractivity contribution in [1.82, 2.24) is 4.90 Å². The van der Waals surface area contributed by atoms with Gasteiger partial charge in [0.2, 0.25) is 0 Å². The van der Waals surface area contributed by atoms with E-state index in [9.17, 15) is 5.26 Å². The van der Waals surface area contributed by atoms with Crippen molar-refractivity contribution in [1.29, 1.82) is 5.26 Å². The van der Waals surface area contributed by atoms with E-state index in [1.165, 1.54) is 25.7 Å². The summed E-state index contributed by atoms with van der Waals surface area (Å²) >= 11 is 0. The average molecular weight is 270 g/mol. The molecule has 2 aliphatic rings. The minimum absolute atomic E-state index is 0.195. The van der Waals surface area contributed by atoms with Gasteiger partial charge in [0.15, 0.2) is 0 Å². The van der Waals surface area contributed by atoms with E-state index in [0.29, 0.717) is 6.61 Å². The van der Waals surface area contributed by atoms with Gasteiger partial charge >= 0.3 is 0 Å². The Hall–Kier alpha value is -1.53. The van der Waals surface area contributed by atoms with E-state index in [-0.39, 0.29) is 5.92 Å². The molecular formula is C17H22N2O. The number of likely N-dealkylation sites (tertiary alicyclic amines) is 1. The van der Waals surface area contributed by atoms with Crippen molar-refractivity contribution in [3.8, 4) is 11.8 Å². The molecule has 2 unspecified atom stereocenters. The molecule has 0 radical (unpaired) electrons. The van der Waals surface area contributed by atoms with E-state index in [2.05, 4.69) is 24.0 Å². The highest BCUT2D eigenvalue weighted by atomic mass is 16.5. The van der Waals surface area contributed by atoms with Gasteiger partial charge in [0.25, 0.3) is 0 Å². The summed E-state index contributed by atoms with van der Waals surface area (Å²) in [6, 6.07) is 10.7. The SMILES string of the molecule is CC1COc2ccccc2C1(C#N)N1CCCCCC1. The second-order valence-electron chi connectivity index (χ2n) is 5.99. The third kappa shape index (κ3) is 1.99. The molecule has 1 fully saturated rings. The van der Waals surface area contributed by atoms with Gasteiger partial charge in [-0.2, -0.15) is 5.26 Å². The average Bonchev–Trinajstić information content (AvgIpc) is 2.77. The van der Waals surface area contributed by atoms with Crippen LogP contribution in [0.25, 0.3) is 0 Å². The van der Waals surface area contributed by atoms with E-state index in [0.717, 1.165) is 24.4 Å². The van der Waals surface area contributed by atoms with Gasteiger partial charge in [-0.1, -0.05) is 38.0 Å². The number of rotatable bonds is 1. The molecule has 1 aromatic rings. The van der Waals surface area contributed by atoms with Gasteiger partial charge in [-0.15, -0.1) is 0 Å². The van der Waals surface area contributed by atoms with Crippen LogP contribution in [0.2, 0.25) is 0 Å². The largest absolute Gasteiger partial charge is 0.493 e. The summed E-state index contributed by atoms with van der Waals surface area (Å²) in [6.07, 6.45) is 4.95. The number of fused-ring (bicyclic) bond motifs is 1. The number of para-hydroxylation sites is 1. The molecule has 0 bridgehead atoms. The highest BCUT2D eigenvalue weighted by molar-refractivity contribution is 5.45. The van der Waals surface area contributed by atoms with Crippen LogP contribution in [0.3, 0.4) is 0 Å². The fourth-order valence-corrected chi connectivity index (χ4v) is 3.65. The first-order valence-corrected chi connectivity index (χ1v) is 7.67. The molecule has 3 heteroatoms. The predicted molar refractivity (Wildman–Crippen MR) is 78.4 cm³/mol. The zero-order valence-electron chi connectivity index (χ0n) is 12.1. The Kier molecular flexibility index (Phi) is 3.67. The Morgan fingerprint density at radius 3 is 2.60 bits per heavy atom. The lowest BCUT2D eigenvalue weighted by atomic mass is 9.76. The molecule has 3 nitrogen and oxygen atoms in total. The van der Waals surface area contributed by atoms with Gasteiger partial charge in [0, 0.05) is 11.5 Å². The molecule has 1 saturated heterocycles. The highest BCUT2D eigenvalue weighted by Gasteiger charge is 2.48. The Morgan fingerprint density at radius 1 is 1.20 bits per heavy atom. The highest BCUT2D eigenvalue weighted by Crippen LogP contribution is 2.44. The fourth-order valence-electron chi connectivity index (χ4n) is 3.65. The lowest BCUT2D eigenvalue weighted by Crippen LogP contribution is -2.53. The Balaban J connectivity index is 2.08. The second-order valence-corrected chi connectivity index (χ2v) is 5.99. The smallest absolute Gasteiger partial charge is 0.144 e. The molecule has 106 valence electrons. The minimum Gasteiger partial charge on any atom is -0.493 e. The monoisotopic (exact) mass is 270 g/mol. The molecule has 2 atom stereocenters. The maximum atomic E-state index is 10.1. The van der Waals surface area contributed by atoms with E-state index < -0.39 is 5.54 Å². The molecule has 2 aliphatic heterocycles. The number of hydrogen-bond acceptors (Lipinski definition) is 3. The number of benzene rings is 1. The zero-order valence-corrected chi connectivity index (χ0v) is 12.1. The summed E-state index contributed by atoms with van der Waals surface area (Å²) in [5.74, 6) is 1.08. The number of ether oxygens (including phenoxy) is 1. The summed E-state index contributed by atoms with van der Waals surface area (Å²) < 4.78 is 5.84. The van der Waals surface area contributed by atoms with Gasteiger partial charge < -0.3 is 4.74 Å². The van der Waals surface area contributed by atoms with Gasteiger partial charge in [-0.3, -0.25) is 4.90 Å². The van der Waals surface area contributed by atoms with Crippen LogP contribution in [0.4, 0.5) is 0 Å². The first kappa shape index (κ1) is 13.5. The Bertz CT molecular complexity index is 514. The Morgan fingerprint density at radius 2 is 1.90 bits per heavy atom. The van der Waals surface area contributed by atoms with Crippen LogP contribution in [0.1, 0.15) is 38.2 Å². The molecule has 1 aromatic carbocycles. The fraction of sp³-hybridized carbons (Fsp3) is 0.588. The molecule has 0 saturated carbocycles. The van der Waals surface area contributed by atoms with E-state index in [1.54, 1.807) is 0 Å². The summed E-state index contributed by atoms with van der Waals surface area (Å²) in [5, 5.41) is 10.1. The van der Waals surface area contributed by atoms with Crippen LogP contribution in [-0.2, 0) is 5.54 Å². The van der Waals surface area contributed by atoms with Gasteiger partial charge in [-0.25, -0.2) is 0 Å². The molecule has 0 aromatic heterocycles. The van der Waals surface area contributed by atoms with E-state index in [1.807, 2.05) is 18.2 Å². The molecule has 0 N–H and O–H groups in total. The zero-order chi connectivity index (χ0) is 14.0. The molecule has 20 heavy (non-hydrogen) atoms. The first-order valence-electron chi connectivity index (χ1n) is 7.67. The lowest BCUT2D eigenvalue weighted by Gasteiger charge is -2.46. The second kappa shape index (κ2) is 5.46. The molecule has 0 amide bonds. The quantitative estimate of drug-likeness (QED) is 0.785. The van der Waals surface area contributed by atoms with Gasteiger partial charge in [0.1, 0.15) is 11.3 Å². The standard InChI is InChI=1S/C17H22N2O/c1-14-12-20-16-9-5-4-8-15(16)17(14,13-18)19-10-6-2-3-7-11-19/h4-5,8-9,14H,2-3,6-7,10-12H2,1H3. The number of hydrogen-bond donors (Lipinski definition) is 0. The van der Waals surface area contributed by atoms with E-state index in [4.69, 9.17) is 4.74 Å². The third-order valence-corrected chi connectivity index (χ3v) is 4.78. The predicted octanol–water partition coefficient (Wildman–Crippen LogP) is 3.31. The maximum absolute atomic E-state index is 10.1. The van der Waals surface area contributed by atoms with E-state index >= 15 is 0 Å². The van der Waals surface area contributed by atoms with Crippen molar-refractivity contribution in [2.45, 2.75) is 38.1 Å². The van der Waals surface area contributed by atoms with Crippen LogP contribution < -0.4 is 4.74 Å². The topological polar surface area (TPSA) is 36.3 Å². The van der Waals surface area contributed by atoms with Crippen molar-refractivity contribution in [2.75, 3.05) is 19.7 Å². The van der Waals surface area contributed by atoms with Gasteiger partial charge in [0.05, 0.1) is 12.7 Å². The maximum Gasteiger partial charge on any atom is 0.144 e. The Labute approximate surface area is 121 Å². The van der Waals surface area contributed by atoms with Crippen LogP contribution >= 0.6 is 0 Å². The molecule has 3 rings (SSSR count). The van der Waals surface area contributed by atoms with Crippen LogP contribution in [0.5, 0.6) is 5.75 Å². The molecule has 0 spiro atoms. The summed E-state index contributed by atoms with van der Waals surface area (Å²) in [4.78, 5) is 2.41.